The van der Waals surface area contributed by atoms with E-state index >= 15 is 0 Å². The van der Waals surface area contributed by atoms with Crippen molar-refractivity contribution in [2.24, 2.45) is 11.8 Å². The van der Waals surface area contributed by atoms with Gasteiger partial charge in [-0.2, -0.15) is 0 Å². The second kappa shape index (κ2) is 5.23. The van der Waals surface area contributed by atoms with Crippen molar-refractivity contribution in [1.29, 1.82) is 0 Å². The summed E-state index contributed by atoms with van der Waals surface area (Å²) < 4.78 is 5.44. The molecule has 1 saturated heterocycles. The summed E-state index contributed by atoms with van der Waals surface area (Å²) in [5.41, 5.74) is 2.19. The molecule has 0 bridgehead atoms. The number of likely N-dealkylation sites (tertiary alicyclic amines) is 1. The summed E-state index contributed by atoms with van der Waals surface area (Å²) in [5, 5.41) is 0. The Balaban J connectivity index is 2.74. The van der Waals surface area contributed by atoms with Crippen LogP contribution in [0.5, 0.6) is 0 Å². The summed E-state index contributed by atoms with van der Waals surface area (Å²) in [7, 11) is 0. The van der Waals surface area contributed by atoms with Crippen LogP contribution in [0.3, 0.4) is 0 Å². The lowest BCUT2D eigenvalue weighted by Crippen LogP contribution is -2.48. The largest absolute Gasteiger partial charge is 0.444 e. The summed E-state index contributed by atoms with van der Waals surface area (Å²) in [4.78, 5) is 14.0. The van der Waals surface area contributed by atoms with Gasteiger partial charge in [0.05, 0.1) is 0 Å². The Morgan fingerprint density at radius 1 is 1.47 bits per heavy atom. The van der Waals surface area contributed by atoms with Gasteiger partial charge in [0, 0.05) is 18.6 Å². The average Bonchev–Trinajstić information content (AvgIpc) is 2.40. The molecule has 17 heavy (non-hydrogen) atoms. The first-order valence-electron chi connectivity index (χ1n) is 6.21. The SMILES string of the molecule is C[C@@H]1C[C@@H](CNN)N(C(=O)OC(C)(C)C)[C@@H]1C. The maximum Gasteiger partial charge on any atom is 0.410 e. The number of hydrogen-bond donors (Lipinski definition) is 2. The second-order valence-corrected chi connectivity index (χ2v) is 5.90. The van der Waals surface area contributed by atoms with Crippen molar-refractivity contribution in [2.45, 2.75) is 58.7 Å². The summed E-state index contributed by atoms with van der Waals surface area (Å²) in [6.45, 7) is 10.5. The molecule has 5 nitrogen and oxygen atoms in total. The Kier molecular flexibility index (Phi) is 4.38. The smallest absolute Gasteiger partial charge is 0.410 e. The molecule has 1 aliphatic heterocycles. The first-order chi connectivity index (χ1) is 7.76. The van der Waals surface area contributed by atoms with E-state index in [-0.39, 0.29) is 18.2 Å². The Labute approximate surface area is 104 Å². The summed E-state index contributed by atoms with van der Waals surface area (Å²) >= 11 is 0. The highest BCUT2D eigenvalue weighted by molar-refractivity contribution is 5.69. The zero-order chi connectivity index (χ0) is 13.2. The number of rotatable bonds is 2. The van der Waals surface area contributed by atoms with Gasteiger partial charge in [0.15, 0.2) is 0 Å². The van der Waals surface area contributed by atoms with Crippen LogP contribution in [0.15, 0.2) is 0 Å². The zero-order valence-corrected chi connectivity index (χ0v) is 11.5. The Morgan fingerprint density at radius 2 is 2.06 bits per heavy atom. The van der Waals surface area contributed by atoms with Crippen LogP contribution in [0, 0.1) is 5.92 Å². The number of nitrogens with one attached hydrogen (secondary N) is 1. The van der Waals surface area contributed by atoms with Crippen molar-refractivity contribution in [3.05, 3.63) is 0 Å². The predicted molar refractivity (Wildman–Crippen MR) is 67.3 cm³/mol. The van der Waals surface area contributed by atoms with E-state index in [1.54, 1.807) is 0 Å². The number of hydrogen-bond acceptors (Lipinski definition) is 4. The highest BCUT2D eigenvalue weighted by Crippen LogP contribution is 2.30. The first kappa shape index (κ1) is 14.3. The van der Waals surface area contributed by atoms with Crippen LogP contribution < -0.4 is 11.3 Å². The Hall–Kier alpha value is -0.810. The van der Waals surface area contributed by atoms with E-state index in [4.69, 9.17) is 10.6 Å². The molecular formula is C12H25N3O2. The van der Waals surface area contributed by atoms with Crippen molar-refractivity contribution >= 4 is 6.09 Å². The molecule has 0 unspecified atom stereocenters. The topological polar surface area (TPSA) is 67.6 Å². The molecule has 5 heteroatoms. The number of nitrogens with zero attached hydrogens (tertiary/aromatic N) is 1. The standard InChI is InChI=1S/C12H25N3O2/c1-8-6-10(7-14-13)15(9(8)2)11(16)17-12(3,4)5/h8-10,14H,6-7,13H2,1-5H3/t8-,9-,10+/m1/s1. The lowest BCUT2D eigenvalue weighted by atomic mass is 10.0. The van der Waals surface area contributed by atoms with E-state index in [2.05, 4.69) is 19.3 Å². The molecule has 0 aromatic carbocycles. The third-order valence-corrected chi connectivity index (χ3v) is 3.26. The van der Waals surface area contributed by atoms with E-state index < -0.39 is 5.60 Å². The highest BCUT2D eigenvalue weighted by Gasteiger charge is 2.40. The summed E-state index contributed by atoms with van der Waals surface area (Å²) in [5.74, 6) is 5.83. The van der Waals surface area contributed by atoms with Crippen molar-refractivity contribution in [2.75, 3.05) is 6.54 Å². The molecule has 0 aromatic heterocycles. The molecule has 0 radical (unpaired) electrons. The third-order valence-electron chi connectivity index (χ3n) is 3.26. The number of carbonyl (C=O) groups excluding carboxylic acids is 1. The van der Waals surface area contributed by atoms with Gasteiger partial charge in [0.1, 0.15) is 5.60 Å². The van der Waals surface area contributed by atoms with Crippen molar-refractivity contribution < 1.29 is 9.53 Å². The van der Waals surface area contributed by atoms with Crippen molar-refractivity contribution in [1.82, 2.24) is 10.3 Å². The van der Waals surface area contributed by atoms with E-state index in [9.17, 15) is 4.79 Å². The molecule has 0 aliphatic carbocycles. The monoisotopic (exact) mass is 243 g/mol. The van der Waals surface area contributed by atoms with Crippen LogP contribution in [0.1, 0.15) is 41.0 Å². The van der Waals surface area contributed by atoms with Gasteiger partial charge in [0.25, 0.3) is 0 Å². The molecule has 1 amide bonds. The molecule has 0 aromatic rings. The molecule has 1 fully saturated rings. The molecule has 0 saturated carbocycles. The minimum Gasteiger partial charge on any atom is -0.444 e. The van der Waals surface area contributed by atoms with Gasteiger partial charge >= 0.3 is 6.09 Å². The zero-order valence-electron chi connectivity index (χ0n) is 11.5. The maximum absolute atomic E-state index is 12.1. The number of ether oxygens (including phenoxy) is 1. The van der Waals surface area contributed by atoms with Crippen LogP contribution in [0.4, 0.5) is 4.79 Å². The van der Waals surface area contributed by atoms with Gasteiger partial charge in [-0.05, 0) is 40.0 Å². The molecule has 0 spiro atoms. The van der Waals surface area contributed by atoms with Gasteiger partial charge in [-0.25, -0.2) is 4.79 Å². The normalized spacial score (nSPS) is 29.5. The van der Waals surface area contributed by atoms with Gasteiger partial charge < -0.3 is 9.64 Å². The van der Waals surface area contributed by atoms with E-state index in [1.165, 1.54) is 0 Å². The fourth-order valence-corrected chi connectivity index (χ4v) is 2.29. The molecule has 1 aliphatic rings. The van der Waals surface area contributed by atoms with Crippen LogP contribution in [0.25, 0.3) is 0 Å². The quantitative estimate of drug-likeness (QED) is 0.569. The van der Waals surface area contributed by atoms with Gasteiger partial charge in [-0.1, -0.05) is 6.92 Å². The third kappa shape index (κ3) is 3.57. The Morgan fingerprint density at radius 3 is 2.53 bits per heavy atom. The highest BCUT2D eigenvalue weighted by atomic mass is 16.6. The number of hydrazine groups is 1. The number of amides is 1. The van der Waals surface area contributed by atoms with Crippen molar-refractivity contribution in [3.8, 4) is 0 Å². The number of nitrogens with two attached hydrogens (primary N) is 1. The molecular weight excluding hydrogens is 218 g/mol. The minimum atomic E-state index is -0.455. The molecule has 3 atom stereocenters. The fourth-order valence-electron chi connectivity index (χ4n) is 2.29. The first-order valence-corrected chi connectivity index (χ1v) is 6.21. The van der Waals surface area contributed by atoms with E-state index in [0.717, 1.165) is 6.42 Å². The van der Waals surface area contributed by atoms with E-state index in [1.807, 2.05) is 25.7 Å². The lowest BCUT2D eigenvalue weighted by Gasteiger charge is -2.31. The van der Waals surface area contributed by atoms with Crippen LogP contribution in [-0.2, 0) is 4.74 Å². The predicted octanol–water partition coefficient (Wildman–Crippen LogP) is 1.48. The molecule has 1 rings (SSSR count). The Bertz CT molecular complexity index is 275. The fraction of sp³-hybridized carbons (Fsp3) is 0.917. The molecule has 3 N–H and O–H groups in total. The van der Waals surface area contributed by atoms with Gasteiger partial charge in [0.2, 0.25) is 0 Å². The summed E-state index contributed by atoms with van der Waals surface area (Å²) in [6, 6.07) is 0.322. The van der Waals surface area contributed by atoms with Crippen molar-refractivity contribution in [3.63, 3.8) is 0 Å². The number of carbonyl (C=O) groups is 1. The molecule has 100 valence electrons. The minimum absolute atomic E-state index is 0.125. The van der Waals surface area contributed by atoms with E-state index in [0.29, 0.717) is 12.5 Å². The molecule has 1 heterocycles. The average molecular weight is 243 g/mol. The maximum atomic E-state index is 12.1. The van der Waals surface area contributed by atoms with Crippen LogP contribution in [0.2, 0.25) is 0 Å². The van der Waals surface area contributed by atoms with Crippen LogP contribution in [-0.4, -0.2) is 35.2 Å². The lowest BCUT2D eigenvalue weighted by molar-refractivity contribution is 0.0149. The van der Waals surface area contributed by atoms with Gasteiger partial charge in [-0.3, -0.25) is 11.3 Å². The summed E-state index contributed by atoms with van der Waals surface area (Å²) in [6.07, 6.45) is 0.722. The van der Waals surface area contributed by atoms with Crippen LogP contribution >= 0.6 is 0 Å². The van der Waals surface area contributed by atoms with Gasteiger partial charge in [-0.15, -0.1) is 0 Å². The second-order valence-electron chi connectivity index (χ2n) is 5.90.